The quantitative estimate of drug-likeness (QED) is 0.860. The molecule has 7 heteroatoms. The van der Waals surface area contributed by atoms with Gasteiger partial charge in [0.2, 0.25) is 0 Å². The van der Waals surface area contributed by atoms with Crippen molar-refractivity contribution in [2.45, 2.75) is 11.1 Å². The molecule has 6 nitrogen and oxygen atoms in total. The summed E-state index contributed by atoms with van der Waals surface area (Å²) < 4.78 is 32.1. The van der Waals surface area contributed by atoms with Crippen LogP contribution in [0.4, 0.5) is 0 Å². The number of benzene rings is 1. The van der Waals surface area contributed by atoms with Crippen molar-refractivity contribution in [3.63, 3.8) is 0 Å². The molecule has 0 aliphatic carbocycles. The fourth-order valence-corrected chi connectivity index (χ4v) is 3.01. The van der Waals surface area contributed by atoms with Crippen molar-refractivity contribution in [2.24, 2.45) is 0 Å². The molecule has 0 amide bonds. The van der Waals surface area contributed by atoms with E-state index in [1.54, 1.807) is 0 Å². The molecule has 0 radical (unpaired) electrons. The summed E-state index contributed by atoms with van der Waals surface area (Å²) in [6, 6.07) is 7.01. The first-order valence-corrected chi connectivity index (χ1v) is 6.87. The van der Waals surface area contributed by atoms with Crippen LogP contribution in [0.5, 0.6) is 5.75 Å². The monoisotopic (exact) mass is 265 g/mol. The number of hydrogen-bond acceptors (Lipinski definition) is 4. The maximum atomic E-state index is 12.0. The van der Waals surface area contributed by atoms with E-state index in [9.17, 15) is 8.42 Å². The van der Waals surface area contributed by atoms with Crippen LogP contribution in [0.2, 0.25) is 0 Å². The van der Waals surface area contributed by atoms with Gasteiger partial charge in [0.25, 0.3) is 10.0 Å². The zero-order chi connectivity index (χ0) is 12.6. The number of para-hydroxylation sites is 1. The van der Waals surface area contributed by atoms with Gasteiger partial charge in [-0.15, -0.1) is 0 Å². The number of imidazole rings is 1. The molecular formula is C11H11N3O3S. The first-order valence-electron chi connectivity index (χ1n) is 5.39. The van der Waals surface area contributed by atoms with Gasteiger partial charge in [0, 0.05) is 5.56 Å². The average molecular weight is 265 g/mol. The van der Waals surface area contributed by atoms with Crippen LogP contribution in [0.25, 0.3) is 0 Å². The summed E-state index contributed by atoms with van der Waals surface area (Å²) >= 11 is 0. The third-order valence-electron chi connectivity index (χ3n) is 2.76. The molecule has 1 aromatic carbocycles. The Hall–Kier alpha value is -1.86. The highest BCUT2D eigenvalue weighted by atomic mass is 32.2. The summed E-state index contributed by atoms with van der Waals surface area (Å²) in [6.07, 6.45) is 2.59. The van der Waals surface area contributed by atoms with Gasteiger partial charge in [0.15, 0.2) is 5.03 Å². The normalized spacial score (nSPS) is 18.3. The molecule has 1 aliphatic rings. The molecule has 1 atom stereocenters. The van der Waals surface area contributed by atoms with Crippen molar-refractivity contribution in [1.82, 2.24) is 14.7 Å². The molecule has 0 saturated carbocycles. The summed E-state index contributed by atoms with van der Waals surface area (Å²) in [5.74, 6) is 0.717. The van der Waals surface area contributed by atoms with Crippen molar-refractivity contribution in [2.75, 3.05) is 6.61 Å². The van der Waals surface area contributed by atoms with E-state index in [2.05, 4.69) is 14.7 Å². The highest BCUT2D eigenvalue weighted by Crippen LogP contribution is 2.32. The van der Waals surface area contributed by atoms with Gasteiger partial charge in [-0.1, -0.05) is 18.2 Å². The van der Waals surface area contributed by atoms with Gasteiger partial charge in [-0.2, -0.15) is 4.72 Å². The molecule has 2 N–H and O–H groups in total. The Labute approximate surface area is 104 Å². The van der Waals surface area contributed by atoms with Crippen molar-refractivity contribution in [3.8, 4) is 5.75 Å². The smallest absolute Gasteiger partial charge is 0.258 e. The highest BCUT2D eigenvalue weighted by molar-refractivity contribution is 7.89. The topological polar surface area (TPSA) is 84.1 Å². The number of aromatic nitrogens is 2. The fraction of sp³-hybridized carbons (Fsp3) is 0.182. The third-order valence-corrected chi connectivity index (χ3v) is 4.16. The summed E-state index contributed by atoms with van der Waals surface area (Å²) in [5.41, 5.74) is 0.848. The average Bonchev–Trinajstić information content (AvgIpc) is 2.99. The van der Waals surface area contributed by atoms with Crippen molar-refractivity contribution >= 4 is 10.0 Å². The number of hydrogen-bond donors (Lipinski definition) is 2. The zero-order valence-corrected chi connectivity index (χ0v) is 10.1. The van der Waals surface area contributed by atoms with E-state index in [-0.39, 0.29) is 11.1 Å². The molecule has 0 fully saturated rings. The minimum Gasteiger partial charge on any atom is -0.491 e. The van der Waals surface area contributed by atoms with E-state index in [1.807, 2.05) is 24.3 Å². The molecule has 2 aromatic rings. The molecule has 0 bridgehead atoms. The maximum absolute atomic E-state index is 12.0. The standard InChI is InChI=1S/C11H11N3O3S/c15-18(16,11-5-12-7-13-11)14-9-6-17-10-4-2-1-3-8(9)10/h1-5,7,9,14H,6H2,(H,12,13). The Bertz CT molecular complexity index is 652. The molecular weight excluding hydrogens is 254 g/mol. The molecule has 18 heavy (non-hydrogen) atoms. The number of fused-ring (bicyclic) bond motifs is 1. The largest absolute Gasteiger partial charge is 0.491 e. The Morgan fingerprint density at radius 1 is 1.39 bits per heavy atom. The van der Waals surface area contributed by atoms with Gasteiger partial charge in [0.05, 0.1) is 18.6 Å². The second kappa shape index (κ2) is 4.11. The Morgan fingerprint density at radius 3 is 3.00 bits per heavy atom. The lowest BCUT2D eigenvalue weighted by Crippen LogP contribution is -2.29. The van der Waals surface area contributed by atoms with Gasteiger partial charge in [-0.25, -0.2) is 13.4 Å². The predicted molar refractivity (Wildman–Crippen MR) is 63.6 cm³/mol. The van der Waals surface area contributed by atoms with Crippen LogP contribution in [0.1, 0.15) is 11.6 Å². The van der Waals surface area contributed by atoms with Crippen LogP contribution in [0.3, 0.4) is 0 Å². The van der Waals surface area contributed by atoms with Crippen molar-refractivity contribution < 1.29 is 13.2 Å². The molecule has 1 aromatic heterocycles. The number of aromatic amines is 1. The lowest BCUT2D eigenvalue weighted by Gasteiger charge is -2.10. The van der Waals surface area contributed by atoms with Crippen LogP contribution in [-0.4, -0.2) is 25.0 Å². The number of sulfonamides is 1. The van der Waals surface area contributed by atoms with E-state index in [4.69, 9.17) is 4.74 Å². The maximum Gasteiger partial charge on any atom is 0.258 e. The highest BCUT2D eigenvalue weighted by Gasteiger charge is 2.29. The minimum atomic E-state index is -3.59. The van der Waals surface area contributed by atoms with E-state index < -0.39 is 10.0 Å². The lowest BCUT2D eigenvalue weighted by molar-refractivity contribution is 0.325. The second-order valence-corrected chi connectivity index (χ2v) is 5.62. The van der Waals surface area contributed by atoms with Crippen molar-refractivity contribution in [1.29, 1.82) is 0 Å². The van der Waals surface area contributed by atoms with Gasteiger partial charge >= 0.3 is 0 Å². The third kappa shape index (κ3) is 1.87. The fourth-order valence-electron chi connectivity index (χ4n) is 1.90. The molecule has 3 rings (SSSR count). The van der Waals surface area contributed by atoms with E-state index >= 15 is 0 Å². The van der Waals surface area contributed by atoms with E-state index in [1.165, 1.54) is 12.5 Å². The predicted octanol–water partition coefficient (Wildman–Crippen LogP) is 0.822. The number of nitrogens with zero attached hydrogens (tertiary/aromatic N) is 1. The van der Waals surface area contributed by atoms with E-state index in [0.717, 1.165) is 11.3 Å². The van der Waals surface area contributed by atoms with Crippen LogP contribution >= 0.6 is 0 Å². The van der Waals surface area contributed by atoms with Gasteiger partial charge in [0.1, 0.15) is 12.4 Å². The first kappa shape index (κ1) is 11.2. The number of rotatable bonds is 3. The second-order valence-electron chi connectivity index (χ2n) is 3.94. The van der Waals surface area contributed by atoms with Crippen LogP contribution < -0.4 is 9.46 Å². The Kier molecular flexibility index (Phi) is 2.57. The van der Waals surface area contributed by atoms with Gasteiger partial charge < -0.3 is 9.72 Å². The molecule has 0 saturated heterocycles. The minimum absolute atomic E-state index is 0.0480. The Morgan fingerprint density at radius 2 is 2.22 bits per heavy atom. The molecule has 2 heterocycles. The summed E-state index contributed by atoms with van der Waals surface area (Å²) in [5, 5.41) is 0.0480. The molecule has 1 unspecified atom stereocenters. The number of ether oxygens (including phenoxy) is 1. The van der Waals surface area contributed by atoms with Crippen LogP contribution in [-0.2, 0) is 10.0 Å². The summed E-state index contributed by atoms with van der Waals surface area (Å²) in [6.45, 7) is 0.298. The molecule has 0 spiro atoms. The van der Waals surface area contributed by atoms with Gasteiger partial charge in [-0.3, -0.25) is 0 Å². The van der Waals surface area contributed by atoms with Crippen molar-refractivity contribution in [3.05, 3.63) is 42.4 Å². The SMILES string of the molecule is O=S(=O)(NC1COc2ccccc21)c1cnc[nH]1. The van der Waals surface area contributed by atoms with Crippen LogP contribution in [0, 0.1) is 0 Å². The zero-order valence-electron chi connectivity index (χ0n) is 9.33. The summed E-state index contributed by atoms with van der Waals surface area (Å²) in [7, 11) is -3.59. The van der Waals surface area contributed by atoms with Gasteiger partial charge in [-0.05, 0) is 6.07 Å². The Balaban J connectivity index is 1.88. The first-order chi connectivity index (χ1) is 8.67. The van der Waals surface area contributed by atoms with Crippen LogP contribution in [0.15, 0.2) is 41.8 Å². The molecule has 94 valence electrons. The summed E-state index contributed by atoms with van der Waals surface area (Å²) in [4.78, 5) is 6.27. The van der Waals surface area contributed by atoms with E-state index in [0.29, 0.717) is 6.61 Å². The number of H-pyrrole nitrogens is 1. The molecule has 1 aliphatic heterocycles. The number of nitrogens with one attached hydrogen (secondary N) is 2. The lowest BCUT2D eigenvalue weighted by atomic mass is 10.1.